The predicted octanol–water partition coefficient (Wildman–Crippen LogP) is 2.72. The molecular weight excluding hydrogens is 274 g/mol. The van der Waals surface area contributed by atoms with Gasteiger partial charge in [0, 0.05) is 29.4 Å². The van der Waals surface area contributed by atoms with Gasteiger partial charge in [-0.1, -0.05) is 20.8 Å². The van der Waals surface area contributed by atoms with Crippen LogP contribution in [0, 0.1) is 0 Å². The maximum absolute atomic E-state index is 10.7. The van der Waals surface area contributed by atoms with Crippen molar-refractivity contribution in [2.24, 2.45) is 0 Å². The first-order valence-electron chi connectivity index (χ1n) is 6.99. The molecule has 0 radical (unpaired) electrons. The normalized spacial score (nSPS) is 21.1. The third kappa shape index (κ3) is 4.30. The van der Waals surface area contributed by atoms with E-state index in [1.807, 2.05) is 11.3 Å². The Labute approximate surface area is 124 Å². The summed E-state index contributed by atoms with van der Waals surface area (Å²) in [5.41, 5.74) is 0.194. The number of ether oxygens (including phenoxy) is 1. The van der Waals surface area contributed by atoms with Crippen LogP contribution in [0.1, 0.15) is 36.9 Å². The molecule has 20 heavy (non-hydrogen) atoms. The van der Waals surface area contributed by atoms with Crippen LogP contribution >= 0.6 is 11.3 Å². The smallest absolute Gasteiger partial charge is 0.306 e. The molecular formula is C15H23NO3S. The van der Waals surface area contributed by atoms with E-state index < -0.39 is 5.97 Å². The SMILES string of the molecule is CC(C)(C)c1ccc(CN2CCOC(CC(=O)O)C2)s1. The van der Waals surface area contributed by atoms with Crippen molar-refractivity contribution >= 4 is 17.3 Å². The average molecular weight is 297 g/mol. The van der Waals surface area contributed by atoms with E-state index in [2.05, 4.69) is 37.8 Å². The van der Waals surface area contributed by atoms with Gasteiger partial charge < -0.3 is 9.84 Å². The van der Waals surface area contributed by atoms with Crippen LogP contribution in [-0.4, -0.2) is 41.8 Å². The number of morpholine rings is 1. The third-order valence-corrected chi connectivity index (χ3v) is 4.90. The van der Waals surface area contributed by atoms with Gasteiger partial charge in [-0.05, 0) is 17.5 Å². The van der Waals surface area contributed by atoms with Crippen molar-refractivity contribution in [3.05, 3.63) is 21.9 Å². The highest BCUT2D eigenvalue weighted by atomic mass is 32.1. The maximum atomic E-state index is 10.7. The van der Waals surface area contributed by atoms with Gasteiger partial charge in [-0.25, -0.2) is 0 Å². The van der Waals surface area contributed by atoms with Gasteiger partial charge in [-0.15, -0.1) is 11.3 Å². The zero-order valence-corrected chi connectivity index (χ0v) is 13.2. The van der Waals surface area contributed by atoms with Crippen molar-refractivity contribution in [2.75, 3.05) is 19.7 Å². The fourth-order valence-electron chi connectivity index (χ4n) is 2.33. The Hall–Kier alpha value is -0.910. The summed E-state index contributed by atoms with van der Waals surface area (Å²) in [6, 6.07) is 4.39. The number of aliphatic carboxylic acids is 1. The van der Waals surface area contributed by atoms with Gasteiger partial charge in [0.2, 0.25) is 0 Å². The van der Waals surface area contributed by atoms with Gasteiger partial charge in [0.25, 0.3) is 0 Å². The highest BCUT2D eigenvalue weighted by Gasteiger charge is 2.23. The molecule has 4 nitrogen and oxygen atoms in total. The quantitative estimate of drug-likeness (QED) is 0.928. The molecule has 1 saturated heterocycles. The fourth-order valence-corrected chi connectivity index (χ4v) is 3.44. The van der Waals surface area contributed by atoms with E-state index >= 15 is 0 Å². The molecule has 0 aliphatic carbocycles. The second-order valence-electron chi connectivity index (χ2n) is 6.34. The van der Waals surface area contributed by atoms with Crippen molar-refractivity contribution in [3.8, 4) is 0 Å². The number of carboxylic acid groups (broad SMARTS) is 1. The molecule has 5 heteroatoms. The van der Waals surface area contributed by atoms with Crippen LogP contribution in [0.2, 0.25) is 0 Å². The van der Waals surface area contributed by atoms with Gasteiger partial charge in [0.1, 0.15) is 0 Å². The zero-order chi connectivity index (χ0) is 14.8. The molecule has 1 fully saturated rings. The van der Waals surface area contributed by atoms with Gasteiger partial charge in [-0.2, -0.15) is 0 Å². The Kier molecular flexibility index (Phi) is 4.83. The lowest BCUT2D eigenvalue weighted by atomic mass is 9.95. The molecule has 112 valence electrons. The van der Waals surface area contributed by atoms with Crippen molar-refractivity contribution in [1.29, 1.82) is 0 Å². The van der Waals surface area contributed by atoms with Crippen LogP contribution in [0.3, 0.4) is 0 Å². The Morgan fingerprint density at radius 3 is 2.85 bits per heavy atom. The molecule has 1 atom stereocenters. The van der Waals surface area contributed by atoms with Crippen LogP contribution in [0.15, 0.2) is 12.1 Å². The largest absolute Gasteiger partial charge is 0.481 e. The third-order valence-electron chi connectivity index (χ3n) is 3.41. The number of hydrogen-bond donors (Lipinski definition) is 1. The van der Waals surface area contributed by atoms with Crippen molar-refractivity contribution < 1.29 is 14.6 Å². The number of rotatable bonds is 4. The summed E-state index contributed by atoms with van der Waals surface area (Å²) in [7, 11) is 0. The van der Waals surface area contributed by atoms with Crippen molar-refractivity contribution in [1.82, 2.24) is 4.90 Å². The average Bonchev–Trinajstić information content (AvgIpc) is 2.76. The van der Waals surface area contributed by atoms with Crippen LogP contribution < -0.4 is 0 Å². The molecule has 0 saturated carbocycles. The van der Waals surface area contributed by atoms with E-state index in [0.29, 0.717) is 13.2 Å². The topological polar surface area (TPSA) is 49.8 Å². The van der Waals surface area contributed by atoms with Crippen LogP contribution in [0.4, 0.5) is 0 Å². The number of carboxylic acids is 1. The number of thiophene rings is 1. The minimum atomic E-state index is -0.789. The van der Waals surface area contributed by atoms with E-state index in [1.165, 1.54) is 9.75 Å². The van der Waals surface area contributed by atoms with E-state index in [9.17, 15) is 4.79 Å². The summed E-state index contributed by atoms with van der Waals surface area (Å²) in [6.45, 7) is 9.75. The summed E-state index contributed by atoms with van der Waals surface area (Å²) >= 11 is 1.85. The minimum Gasteiger partial charge on any atom is -0.481 e. The van der Waals surface area contributed by atoms with Crippen molar-refractivity contribution in [2.45, 2.75) is 45.3 Å². The summed E-state index contributed by atoms with van der Waals surface area (Å²) in [4.78, 5) is 15.8. The number of hydrogen-bond acceptors (Lipinski definition) is 4. The van der Waals surface area contributed by atoms with Crippen LogP contribution in [0.25, 0.3) is 0 Å². The van der Waals surface area contributed by atoms with Gasteiger partial charge >= 0.3 is 5.97 Å². The molecule has 1 aromatic rings. The fraction of sp³-hybridized carbons (Fsp3) is 0.667. The Morgan fingerprint density at radius 1 is 1.50 bits per heavy atom. The second-order valence-corrected chi connectivity index (χ2v) is 7.51. The lowest BCUT2D eigenvalue weighted by Gasteiger charge is -2.31. The monoisotopic (exact) mass is 297 g/mol. The van der Waals surface area contributed by atoms with E-state index in [4.69, 9.17) is 9.84 Å². The first-order chi connectivity index (χ1) is 9.34. The molecule has 0 bridgehead atoms. The first-order valence-corrected chi connectivity index (χ1v) is 7.81. The summed E-state index contributed by atoms with van der Waals surface area (Å²) in [5, 5.41) is 8.84. The van der Waals surface area contributed by atoms with E-state index in [0.717, 1.165) is 13.1 Å². The summed E-state index contributed by atoms with van der Waals surface area (Å²) < 4.78 is 5.50. The number of carbonyl (C=O) groups is 1. The minimum absolute atomic E-state index is 0.0914. The van der Waals surface area contributed by atoms with Gasteiger partial charge in [0.05, 0.1) is 19.1 Å². The summed E-state index contributed by atoms with van der Waals surface area (Å²) in [5.74, 6) is -0.789. The second kappa shape index (κ2) is 6.24. The lowest BCUT2D eigenvalue weighted by Crippen LogP contribution is -2.42. The molecule has 1 aliphatic heterocycles. The predicted molar refractivity (Wildman–Crippen MR) is 80.3 cm³/mol. The molecule has 2 heterocycles. The van der Waals surface area contributed by atoms with Gasteiger partial charge in [-0.3, -0.25) is 9.69 Å². The Morgan fingerprint density at radius 2 is 2.25 bits per heavy atom. The van der Waals surface area contributed by atoms with Crippen LogP contribution in [0.5, 0.6) is 0 Å². The van der Waals surface area contributed by atoms with Crippen LogP contribution in [-0.2, 0) is 21.5 Å². The van der Waals surface area contributed by atoms with E-state index in [1.54, 1.807) is 0 Å². The highest BCUT2D eigenvalue weighted by Crippen LogP contribution is 2.30. The molecule has 0 amide bonds. The van der Waals surface area contributed by atoms with Crippen molar-refractivity contribution in [3.63, 3.8) is 0 Å². The Bertz CT molecular complexity index is 464. The summed E-state index contributed by atoms with van der Waals surface area (Å²) in [6.07, 6.45) is -0.0861. The molecule has 1 aromatic heterocycles. The molecule has 1 N–H and O–H groups in total. The Balaban J connectivity index is 1.92. The lowest BCUT2D eigenvalue weighted by molar-refractivity contribution is -0.142. The molecule has 2 rings (SSSR count). The standard InChI is InChI=1S/C15H23NO3S/c1-15(2,3)13-5-4-12(20-13)10-16-6-7-19-11(9-16)8-14(17)18/h4-5,11H,6-10H2,1-3H3,(H,17,18). The highest BCUT2D eigenvalue weighted by molar-refractivity contribution is 7.12. The maximum Gasteiger partial charge on any atom is 0.306 e. The molecule has 0 aromatic carbocycles. The zero-order valence-electron chi connectivity index (χ0n) is 12.4. The van der Waals surface area contributed by atoms with E-state index in [-0.39, 0.29) is 17.9 Å². The first kappa shape index (κ1) is 15.5. The molecule has 1 aliphatic rings. The molecule has 0 spiro atoms. The number of nitrogens with zero attached hydrogens (tertiary/aromatic N) is 1. The van der Waals surface area contributed by atoms with Gasteiger partial charge in [0.15, 0.2) is 0 Å². The molecule has 1 unspecified atom stereocenters.